The van der Waals surface area contributed by atoms with Crippen molar-refractivity contribution in [3.8, 4) is 0 Å². The Morgan fingerprint density at radius 1 is 1.29 bits per heavy atom. The van der Waals surface area contributed by atoms with Crippen molar-refractivity contribution in [2.75, 3.05) is 13.1 Å². The Hall–Kier alpha value is -2.28. The van der Waals surface area contributed by atoms with Crippen LogP contribution in [0.3, 0.4) is 0 Å². The Labute approximate surface area is 125 Å². The average molecular weight is 299 g/mol. The fourth-order valence-corrected chi connectivity index (χ4v) is 3.38. The van der Waals surface area contributed by atoms with Gasteiger partial charge in [0.15, 0.2) is 0 Å². The topological polar surface area (TPSA) is 63.4 Å². The van der Waals surface area contributed by atoms with Gasteiger partial charge >= 0.3 is 0 Å². The van der Waals surface area contributed by atoms with E-state index in [-0.39, 0.29) is 5.91 Å². The van der Waals surface area contributed by atoms with Crippen LogP contribution in [-0.2, 0) is 0 Å². The molecule has 1 amide bonds. The van der Waals surface area contributed by atoms with Crippen molar-refractivity contribution in [2.24, 2.45) is 0 Å². The number of carbonyl (C=O) groups is 1. The van der Waals surface area contributed by atoms with Gasteiger partial charge in [-0.05, 0) is 12.5 Å². The standard InChI is InChI=1S/C14H13N5OS/c20-13(11-8-21-9-17-11)18-5-2-10(7-18)12-1-3-15-14-16-4-6-19(12)14/h1,3-4,6,8-10H,2,5,7H2. The van der Waals surface area contributed by atoms with E-state index in [9.17, 15) is 4.79 Å². The zero-order chi connectivity index (χ0) is 14.2. The maximum Gasteiger partial charge on any atom is 0.273 e. The Balaban J connectivity index is 1.59. The summed E-state index contributed by atoms with van der Waals surface area (Å²) < 4.78 is 2.00. The summed E-state index contributed by atoms with van der Waals surface area (Å²) in [6, 6.07) is 2.01. The molecule has 21 heavy (non-hydrogen) atoms. The molecule has 1 saturated heterocycles. The summed E-state index contributed by atoms with van der Waals surface area (Å²) in [7, 11) is 0. The molecule has 1 atom stereocenters. The number of rotatable bonds is 2. The van der Waals surface area contributed by atoms with Gasteiger partial charge in [0, 0.05) is 48.7 Å². The third-order valence-electron chi connectivity index (χ3n) is 3.88. The molecule has 1 aliphatic heterocycles. The first-order chi connectivity index (χ1) is 10.3. The van der Waals surface area contributed by atoms with E-state index in [1.165, 1.54) is 11.3 Å². The molecule has 3 aromatic rings. The van der Waals surface area contributed by atoms with Gasteiger partial charge in [0.1, 0.15) is 5.69 Å². The van der Waals surface area contributed by atoms with Crippen LogP contribution in [0.2, 0.25) is 0 Å². The predicted molar refractivity (Wildman–Crippen MR) is 78.4 cm³/mol. The van der Waals surface area contributed by atoms with E-state index in [2.05, 4.69) is 15.0 Å². The smallest absolute Gasteiger partial charge is 0.273 e. The minimum absolute atomic E-state index is 0.0229. The van der Waals surface area contributed by atoms with Gasteiger partial charge in [0.05, 0.1) is 5.51 Å². The van der Waals surface area contributed by atoms with Crippen molar-refractivity contribution in [3.05, 3.63) is 46.9 Å². The average Bonchev–Trinajstić information content (AvgIpc) is 3.25. The predicted octanol–water partition coefficient (Wildman–Crippen LogP) is 1.82. The normalized spacial score (nSPS) is 18.5. The van der Waals surface area contributed by atoms with Crippen LogP contribution in [0.1, 0.15) is 28.5 Å². The van der Waals surface area contributed by atoms with Gasteiger partial charge in [-0.25, -0.2) is 15.0 Å². The highest BCUT2D eigenvalue weighted by molar-refractivity contribution is 7.07. The van der Waals surface area contributed by atoms with Crippen LogP contribution < -0.4 is 0 Å². The van der Waals surface area contributed by atoms with Gasteiger partial charge in [-0.1, -0.05) is 0 Å². The van der Waals surface area contributed by atoms with Crippen LogP contribution in [0.15, 0.2) is 35.5 Å². The largest absolute Gasteiger partial charge is 0.337 e. The van der Waals surface area contributed by atoms with Crippen molar-refractivity contribution in [2.45, 2.75) is 12.3 Å². The zero-order valence-electron chi connectivity index (χ0n) is 11.2. The lowest BCUT2D eigenvalue weighted by Gasteiger charge is -2.16. The van der Waals surface area contributed by atoms with Gasteiger partial charge < -0.3 is 4.90 Å². The third kappa shape index (κ3) is 2.09. The first-order valence-electron chi connectivity index (χ1n) is 6.78. The van der Waals surface area contributed by atoms with Crippen LogP contribution >= 0.6 is 11.3 Å². The second kappa shape index (κ2) is 4.92. The molecule has 3 aromatic heterocycles. The Morgan fingerprint density at radius 3 is 3.05 bits per heavy atom. The molecule has 1 fully saturated rings. The van der Waals surface area contributed by atoms with E-state index in [0.29, 0.717) is 23.9 Å². The summed E-state index contributed by atoms with van der Waals surface area (Å²) >= 11 is 1.45. The van der Waals surface area contributed by atoms with E-state index in [1.54, 1.807) is 23.3 Å². The number of imidazole rings is 1. The number of amides is 1. The SMILES string of the molecule is O=C(c1cscn1)N1CCC(c2ccnc3nccn23)C1. The molecule has 0 aromatic carbocycles. The molecule has 1 aliphatic rings. The number of carbonyl (C=O) groups excluding carboxylic acids is 1. The molecular weight excluding hydrogens is 286 g/mol. The van der Waals surface area contributed by atoms with Crippen LogP contribution in [0.5, 0.6) is 0 Å². The molecule has 1 unspecified atom stereocenters. The van der Waals surface area contributed by atoms with E-state index in [4.69, 9.17) is 0 Å². The first kappa shape index (κ1) is 12.5. The lowest BCUT2D eigenvalue weighted by Crippen LogP contribution is -2.28. The number of thiazole rings is 1. The summed E-state index contributed by atoms with van der Waals surface area (Å²) in [5.74, 6) is 1.04. The molecule has 0 aliphatic carbocycles. The number of likely N-dealkylation sites (tertiary alicyclic amines) is 1. The lowest BCUT2D eigenvalue weighted by molar-refractivity contribution is 0.0785. The molecule has 0 spiro atoms. The van der Waals surface area contributed by atoms with Gasteiger partial charge in [-0.2, -0.15) is 0 Å². The van der Waals surface area contributed by atoms with Crippen LogP contribution in [0, 0.1) is 0 Å². The van der Waals surface area contributed by atoms with Crippen LogP contribution in [0.4, 0.5) is 0 Å². The maximum atomic E-state index is 12.3. The van der Waals surface area contributed by atoms with Crippen LogP contribution in [0.25, 0.3) is 5.78 Å². The van der Waals surface area contributed by atoms with Crippen molar-refractivity contribution in [3.63, 3.8) is 0 Å². The first-order valence-corrected chi connectivity index (χ1v) is 7.72. The lowest BCUT2D eigenvalue weighted by atomic mass is 10.0. The quantitative estimate of drug-likeness (QED) is 0.724. The van der Waals surface area contributed by atoms with Crippen molar-refractivity contribution in [1.82, 2.24) is 24.3 Å². The molecule has 4 rings (SSSR count). The molecule has 4 heterocycles. The Kier molecular flexibility index (Phi) is 2.92. The summed E-state index contributed by atoms with van der Waals surface area (Å²) in [6.45, 7) is 1.48. The Bertz CT molecular complexity index is 782. The molecule has 0 N–H and O–H groups in total. The van der Waals surface area contributed by atoms with Gasteiger partial charge in [-0.15, -0.1) is 11.3 Å². The highest BCUT2D eigenvalue weighted by atomic mass is 32.1. The maximum absolute atomic E-state index is 12.3. The molecule has 0 radical (unpaired) electrons. The van der Waals surface area contributed by atoms with Gasteiger partial charge in [0.25, 0.3) is 5.91 Å². The Morgan fingerprint density at radius 2 is 2.19 bits per heavy atom. The minimum Gasteiger partial charge on any atom is -0.337 e. The van der Waals surface area contributed by atoms with Crippen LogP contribution in [-0.4, -0.2) is 43.2 Å². The number of hydrogen-bond acceptors (Lipinski definition) is 5. The molecule has 106 valence electrons. The highest BCUT2D eigenvalue weighted by Gasteiger charge is 2.30. The summed E-state index contributed by atoms with van der Waals surface area (Å²) in [4.78, 5) is 26.8. The molecule has 7 heteroatoms. The molecular formula is C14H13N5OS. The second-order valence-electron chi connectivity index (χ2n) is 5.08. The fourth-order valence-electron chi connectivity index (χ4n) is 2.85. The number of aromatic nitrogens is 4. The highest BCUT2D eigenvalue weighted by Crippen LogP contribution is 2.28. The second-order valence-corrected chi connectivity index (χ2v) is 5.80. The third-order valence-corrected chi connectivity index (χ3v) is 4.47. The molecule has 6 nitrogen and oxygen atoms in total. The number of hydrogen-bond donors (Lipinski definition) is 0. The fraction of sp³-hybridized carbons (Fsp3) is 0.286. The zero-order valence-corrected chi connectivity index (χ0v) is 12.0. The molecule has 0 bridgehead atoms. The van der Waals surface area contributed by atoms with Crippen molar-refractivity contribution < 1.29 is 4.79 Å². The van der Waals surface area contributed by atoms with E-state index >= 15 is 0 Å². The summed E-state index contributed by atoms with van der Waals surface area (Å²) in [5.41, 5.74) is 3.40. The summed E-state index contributed by atoms with van der Waals surface area (Å²) in [6.07, 6.45) is 6.40. The van der Waals surface area contributed by atoms with Gasteiger partial charge in [0.2, 0.25) is 5.78 Å². The van der Waals surface area contributed by atoms with Crippen molar-refractivity contribution >= 4 is 23.0 Å². The van der Waals surface area contributed by atoms with Crippen molar-refractivity contribution in [1.29, 1.82) is 0 Å². The van der Waals surface area contributed by atoms with E-state index in [0.717, 1.165) is 18.7 Å². The number of fused-ring (bicyclic) bond motifs is 1. The van der Waals surface area contributed by atoms with Gasteiger partial charge in [-0.3, -0.25) is 9.20 Å². The minimum atomic E-state index is 0.0229. The monoisotopic (exact) mass is 299 g/mol. The van der Waals surface area contributed by atoms with E-state index in [1.807, 2.05) is 21.6 Å². The number of nitrogens with zero attached hydrogens (tertiary/aromatic N) is 5. The summed E-state index contributed by atoms with van der Waals surface area (Å²) in [5, 5.41) is 1.80. The molecule has 0 saturated carbocycles. The van der Waals surface area contributed by atoms with E-state index < -0.39 is 0 Å².